The van der Waals surface area contributed by atoms with Gasteiger partial charge in [0.1, 0.15) is 6.54 Å². The molecule has 0 aliphatic heterocycles. The van der Waals surface area contributed by atoms with Crippen LogP contribution in [0.4, 0.5) is 5.82 Å². The number of amides is 2. The number of anilines is 1. The third kappa shape index (κ3) is 7.97. The average Bonchev–Trinajstić information content (AvgIpc) is 2.74. The summed E-state index contributed by atoms with van der Waals surface area (Å²) in [6, 6.07) is 5.96. The first-order valence-electron chi connectivity index (χ1n) is 9.54. The molecule has 0 bridgehead atoms. The van der Waals surface area contributed by atoms with Crippen LogP contribution in [0, 0.1) is 13.8 Å². The molecular formula is C20H22Cl2N4O6S. The van der Waals surface area contributed by atoms with E-state index in [1.54, 1.807) is 13.0 Å². The normalized spacial score (nSPS) is 12.0. The van der Waals surface area contributed by atoms with Gasteiger partial charge in [-0.25, -0.2) is 18.1 Å². The molecule has 0 unspecified atom stereocenters. The first kappa shape index (κ1) is 26.5. The van der Waals surface area contributed by atoms with Gasteiger partial charge in [0.2, 0.25) is 15.9 Å². The minimum atomic E-state index is -3.90. The van der Waals surface area contributed by atoms with E-state index in [4.69, 9.17) is 27.9 Å². The fraction of sp³-hybridized carbons (Fsp3) is 0.300. The molecule has 2 aromatic rings. The first-order valence-corrected chi connectivity index (χ1v) is 11.8. The number of carbonyl (C=O) groups excluding carboxylic acids is 3. The van der Waals surface area contributed by atoms with Gasteiger partial charge in [-0.05, 0) is 50.1 Å². The predicted molar refractivity (Wildman–Crippen MR) is 123 cm³/mol. The van der Waals surface area contributed by atoms with Gasteiger partial charge in [0.15, 0.2) is 11.9 Å². The fourth-order valence-corrected chi connectivity index (χ4v) is 3.87. The Morgan fingerprint density at radius 3 is 2.42 bits per heavy atom. The Morgan fingerprint density at radius 1 is 1.09 bits per heavy atom. The quantitative estimate of drug-likeness (QED) is 0.432. The smallest absolute Gasteiger partial charge is 0.326 e. The minimum absolute atomic E-state index is 0.0212. The highest BCUT2D eigenvalue weighted by Crippen LogP contribution is 2.22. The molecule has 3 N–H and O–H groups in total. The molecule has 1 aromatic carbocycles. The third-order valence-electron chi connectivity index (χ3n) is 4.37. The van der Waals surface area contributed by atoms with Crippen LogP contribution in [-0.4, -0.2) is 50.4 Å². The highest BCUT2D eigenvalue weighted by Gasteiger charge is 2.21. The summed E-state index contributed by atoms with van der Waals surface area (Å²) in [6.45, 7) is 3.78. The molecule has 2 rings (SSSR count). The topological polar surface area (TPSA) is 144 Å². The van der Waals surface area contributed by atoms with E-state index in [-0.39, 0.29) is 20.8 Å². The van der Waals surface area contributed by atoms with Crippen LogP contribution in [0.3, 0.4) is 0 Å². The molecular weight excluding hydrogens is 495 g/mol. The van der Waals surface area contributed by atoms with E-state index in [0.29, 0.717) is 0 Å². The van der Waals surface area contributed by atoms with E-state index in [0.717, 1.165) is 11.1 Å². The van der Waals surface area contributed by atoms with Crippen LogP contribution < -0.4 is 15.4 Å². The molecule has 2 amide bonds. The SMILES string of the molecule is Cc1ccc(S(=O)(=O)NCC(=O)NCC(=O)O[C@H](C)C(=O)Nc2ncc(Cl)cc2Cl)cc1C. The molecule has 0 aliphatic carbocycles. The maximum Gasteiger partial charge on any atom is 0.326 e. The number of hydrogen-bond donors (Lipinski definition) is 3. The van der Waals surface area contributed by atoms with Gasteiger partial charge < -0.3 is 15.4 Å². The number of aromatic nitrogens is 1. The summed E-state index contributed by atoms with van der Waals surface area (Å²) in [5.74, 6) is -2.32. The molecule has 1 heterocycles. The molecule has 0 aliphatic rings. The van der Waals surface area contributed by atoms with Crippen molar-refractivity contribution in [3.8, 4) is 0 Å². The van der Waals surface area contributed by atoms with Gasteiger partial charge in [-0.3, -0.25) is 14.4 Å². The van der Waals surface area contributed by atoms with Crippen LogP contribution in [0.1, 0.15) is 18.1 Å². The van der Waals surface area contributed by atoms with Gasteiger partial charge in [-0.1, -0.05) is 29.3 Å². The van der Waals surface area contributed by atoms with E-state index < -0.39 is 47.0 Å². The van der Waals surface area contributed by atoms with Crippen LogP contribution in [0.2, 0.25) is 10.0 Å². The Labute approximate surface area is 201 Å². The van der Waals surface area contributed by atoms with Gasteiger partial charge in [0, 0.05) is 6.20 Å². The number of pyridine rings is 1. The Bertz CT molecular complexity index is 1170. The molecule has 178 valence electrons. The van der Waals surface area contributed by atoms with Gasteiger partial charge in [0.25, 0.3) is 5.91 Å². The van der Waals surface area contributed by atoms with E-state index in [1.807, 2.05) is 6.92 Å². The maximum absolute atomic E-state index is 12.3. The van der Waals surface area contributed by atoms with Gasteiger partial charge in [-0.15, -0.1) is 0 Å². The maximum atomic E-state index is 12.3. The molecule has 1 aromatic heterocycles. The van der Waals surface area contributed by atoms with Crippen molar-refractivity contribution in [2.75, 3.05) is 18.4 Å². The third-order valence-corrected chi connectivity index (χ3v) is 6.26. The number of nitrogens with zero attached hydrogens (tertiary/aromatic N) is 1. The summed E-state index contributed by atoms with van der Waals surface area (Å²) in [4.78, 5) is 39.8. The Hall–Kier alpha value is -2.73. The molecule has 0 radical (unpaired) electrons. The number of benzene rings is 1. The second-order valence-corrected chi connectivity index (χ2v) is 9.56. The monoisotopic (exact) mass is 516 g/mol. The second kappa shape index (κ2) is 11.4. The van der Waals surface area contributed by atoms with Gasteiger partial charge in [-0.2, -0.15) is 0 Å². The summed E-state index contributed by atoms with van der Waals surface area (Å²) in [7, 11) is -3.90. The Balaban J connectivity index is 1.79. The summed E-state index contributed by atoms with van der Waals surface area (Å²) < 4.78 is 31.7. The van der Waals surface area contributed by atoms with Crippen LogP contribution in [-0.2, 0) is 29.1 Å². The highest BCUT2D eigenvalue weighted by atomic mass is 35.5. The van der Waals surface area contributed by atoms with Crippen LogP contribution in [0.5, 0.6) is 0 Å². The second-order valence-electron chi connectivity index (χ2n) is 6.95. The molecule has 33 heavy (non-hydrogen) atoms. The summed E-state index contributed by atoms with van der Waals surface area (Å²) in [5, 5.41) is 4.99. The molecule has 0 fully saturated rings. The fourth-order valence-electron chi connectivity index (χ4n) is 2.38. The Morgan fingerprint density at radius 2 is 1.79 bits per heavy atom. The van der Waals surface area contributed by atoms with Crippen molar-refractivity contribution in [3.05, 3.63) is 51.6 Å². The van der Waals surface area contributed by atoms with Crippen LogP contribution in [0.25, 0.3) is 0 Å². The van der Waals surface area contributed by atoms with Crippen molar-refractivity contribution < 1.29 is 27.5 Å². The lowest BCUT2D eigenvalue weighted by atomic mass is 10.1. The van der Waals surface area contributed by atoms with Crippen molar-refractivity contribution in [1.29, 1.82) is 0 Å². The molecule has 0 saturated heterocycles. The minimum Gasteiger partial charge on any atom is -0.451 e. The number of nitrogens with one attached hydrogen (secondary N) is 3. The van der Waals surface area contributed by atoms with Crippen molar-refractivity contribution in [3.63, 3.8) is 0 Å². The summed E-state index contributed by atoms with van der Waals surface area (Å²) in [6.07, 6.45) is 0.0648. The zero-order valence-electron chi connectivity index (χ0n) is 17.9. The van der Waals surface area contributed by atoms with Crippen molar-refractivity contribution >= 4 is 56.8 Å². The first-order chi connectivity index (χ1) is 15.4. The number of sulfonamides is 1. The van der Waals surface area contributed by atoms with E-state index in [9.17, 15) is 22.8 Å². The average molecular weight is 517 g/mol. The van der Waals surface area contributed by atoms with Crippen LogP contribution in [0.15, 0.2) is 35.4 Å². The lowest BCUT2D eigenvalue weighted by Gasteiger charge is -2.14. The van der Waals surface area contributed by atoms with Gasteiger partial charge >= 0.3 is 5.97 Å². The largest absolute Gasteiger partial charge is 0.451 e. The Kier molecular flexibility index (Phi) is 9.17. The zero-order valence-corrected chi connectivity index (χ0v) is 20.3. The number of halogens is 2. The molecule has 1 atom stereocenters. The van der Waals surface area contributed by atoms with Crippen molar-refractivity contribution in [2.24, 2.45) is 0 Å². The molecule has 0 saturated carbocycles. The predicted octanol–water partition coefficient (Wildman–Crippen LogP) is 1.97. The number of rotatable bonds is 9. The summed E-state index contributed by atoms with van der Waals surface area (Å²) in [5.41, 5.74) is 1.72. The molecule has 10 nitrogen and oxygen atoms in total. The summed E-state index contributed by atoms with van der Waals surface area (Å²) >= 11 is 11.7. The number of carbonyl (C=O) groups is 3. The van der Waals surface area contributed by atoms with Crippen molar-refractivity contribution in [1.82, 2.24) is 15.0 Å². The lowest BCUT2D eigenvalue weighted by Crippen LogP contribution is -2.40. The molecule has 0 spiro atoms. The number of hydrogen-bond acceptors (Lipinski definition) is 7. The standard InChI is InChI=1S/C20H22Cl2N4O6S/c1-11-4-5-15(6-12(11)2)33(30,31)25-9-17(27)23-10-18(28)32-13(3)20(29)26-19-16(22)7-14(21)8-24-19/h4-8,13,25H,9-10H2,1-3H3,(H,23,27)(H,24,26,29)/t13-/m1/s1. The van der Waals surface area contributed by atoms with E-state index in [1.165, 1.54) is 31.3 Å². The zero-order chi connectivity index (χ0) is 24.8. The highest BCUT2D eigenvalue weighted by molar-refractivity contribution is 7.89. The molecule has 13 heteroatoms. The van der Waals surface area contributed by atoms with E-state index >= 15 is 0 Å². The van der Waals surface area contributed by atoms with Crippen molar-refractivity contribution in [2.45, 2.75) is 31.8 Å². The van der Waals surface area contributed by atoms with E-state index in [2.05, 4.69) is 20.3 Å². The number of aryl methyl sites for hydroxylation is 2. The van der Waals surface area contributed by atoms with Crippen LogP contribution >= 0.6 is 23.2 Å². The van der Waals surface area contributed by atoms with Gasteiger partial charge in [0.05, 0.1) is 21.5 Å². The lowest BCUT2D eigenvalue weighted by molar-refractivity contribution is -0.152. The number of esters is 1. The number of ether oxygens (including phenoxy) is 1.